The van der Waals surface area contributed by atoms with Crippen molar-refractivity contribution in [3.05, 3.63) is 65.7 Å². The van der Waals surface area contributed by atoms with E-state index in [0.29, 0.717) is 6.54 Å². The summed E-state index contributed by atoms with van der Waals surface area (Å²) < 4.78 is 0. The van der Waals surface area contributed by atoms with E-state index < -0.39 is 0 Å². The predicted molar refractivity (Wildman–Crippen MR) is 92.9 cm³/mol. The first-order chi connectivity index (χ1) is 10.2. The van der Waals surface area contributed by atoms with Crippen molar-refractivity contribution >= 4 is 24.0 Å². The van der Waals surface area contributed by atoms with Crippen molar-refractivity contribution in [3.8, 4) is 0 Å². The van der Waals surface area contributed by atoms with E-state index in [1.165, 1.54) is 11.1 Å². The van der Waals surface area contributed by atoms with Crippen LogP contribution in [0.2, 0.25) is 0 Å². The topological polar surface area (TPSA) is 23.6 Å². The standard InChI is InChI=1S/C18H20N2O.ClH/c1-19(2)13-18(21)20-12-16(14-8-4-3-5-9-14)15-10-6-7-11-17(15)20;/h3-11,16H,12-13H2,1-2H3;1H. The van der Waals surface area contributed by atoms with Gasteiger partial charge in [-0.1, -0.05) is 48.5 Å². The highest BCUT2D eigenvalue weighted by atomic mass is 35.5. The van der Waals surface area contributed by atoms with Crippen LogP contribution in [0.15, 0.2) is 54.6 Å². The molecule has 0 aromatic heterocycles. The van der Waals surface area contributed by atoms with Gasteiger partial charge < -0.3 is 9.80 Å². The smallest absolute Gasteiger partial charge is 0.241 e. The molecule has 1 unspecified atom stereocenters. The largest absolute Gasteiger partial charge is 0.310 e. The number of nitrogens with zero attached hydrogens (tertiary/aromatic N) is 2. The zero-order valence-electron chi connectivity index (χ0n) is 12.9. The minimum atomic E-state index is 0. The van der Waals surface area contributed by atoms with Crippen molar-refractivity contribution in [2.24, 2.45) is 0 Å². The molecule has 0 N–H and O–H groups in total. The van der Waals surface area contributed by atoms with Gasteiger partial charge in [-0.05, 0) is 31.3 Å². The molecule has 3 nitrogen and oxygen atoms in total. The van der Waals surface area contributed by atoms with Crippen LogP contribution in [-0.2, 0) is 4.79 Å². The van der Waals surface area contributed by atoms with Crippen LogP contribution in [0, 0.1) is 0 Å². The van der Waals surface area contributed by atoms with Crippen molar-refractivity contribution < 1.29 is 4.79 Å². The number of hydrogen-bond acceptors (Lipinski definition) is 2. The van der Waals surface area contributed by atoms with Crippen LogP contribution < -0.4 is 4.90 Å². The Kier molecular flexibility index (Phi) is 5.22. The van der Waals surface area contributed by atoms with Crippen LogP contribution >= 0.6 is 12.4 Å². The molecule has 116 valence electrons. The highest BCUT2D eigenvalue weighted by molar-refractivity contribution is 5.97. The Balaban J connectivity index is 0.00000176. The van der Waals surface area contributed by atoms with Crippen molar-refractivity contribution in [1.82, 2.24) is 4.90 Å². The monoisotopic (exact) mass is 316 g/mol. The van der Waals surface area contributed by atoms with E-state index in [1.54, 1.807) is 0 Å². The average Bonchev–Trinajstić information content (AvgIpc) is 2.87. The summed E-state index contributed by atoms with van der Waals surface area (Å²) in [6, 6.07) is 18.7. The summed E-state index contributed by atoms with van der Waals surface area (Å²) in [6.45, 7) is 1.17. The zero-order valence-corrected chi connectivity index (χ0v) is 13.7. The molecule has 2 aromatic carbocycles. The molecule has 1 aliphatic rings. The Bertz CT molecular complexity index is 643. The van der Waals surface area contributed by atoms with E-state index in [9.17, 15) is 4.79 Å². The lowest BCUT2D eigenvalue weighted by atomic mass is 9.93. The van der Waals surface area contributed by atoms with Gasteiger partial charge in [0.05, 0.1) is 6.54 Å². The Labute approximate surface area is 138 Å². The summed E-state index contributed by atoms with van der Waals surface area (Å²) >= 11 is 0. The van der Waals surface area contributed by atoms with Gasteiger partial charge in [0.25, 0.3) is 0 Å². The van der Waals surface area contributed by atoms with Crippen LogP contribution in [0.5, 0.6) is 0 Å². The maximum Gasteiger partial charge on any atom is 0.241 e. The number of halogens is 1. The number of carbonyl (C=O) groups is 1. The molecule has 2 aromatic rings. The lowest BCUT2D eigenvalue weighted by Gasteiger charge is -2.20. The number of anilines is 1. The number of carbonyl (C=O) groups excluding carboxylic acids is 1. The van der Waals surface area contributed by atoms with Gasteiger partial charge in [-0.15, -0.1) is 12.4 Å². The van der Waals surface area contributed by atoms with E-state index in [2.05, 4.69) is 36.4 Å². The van der Waals surface area contributed by atoms with Crippen LogP contribution in [0.25, 0.3) is 0 Å². The summed E-state index contributed by atoms with van der Waals surface area (Å²) in [5, 5.41) is 0. The maximum atomic E-state index is 12.5. The second kappa shape index (κ2) is 6.95. The van der Waals surface area contributed by atoms with Crippen molar-refractivity contribution in [2.45, 2.75) is 5.92 Å². The van der Waals surface area contributed by atoms with E-state index >= 15 is 0 Å². The molecule has 0 radical (unpaired) electrons. The molecule has 0 bridgehead atoms. The molecule has 1 heterocycles. The Hall–Kier alpha value is -1.84. The summed E-state index contributed by atoms with van der Waals surface area (Å²) in [6.07, 6.45) is 0. The first kappa shape index (κ1) is 16.5. The van der Waals surface area contributed by atoms with Gasteiger partial charge in [0.15, 0.2) is 0 Å². The molecule has 22 heavy (non-hydrogen) atoms. The molecule has 0 saturated heterocycles. The van der Waals surface area contributed by atoms with Crippen LogP contribution in [-0.4, -0.2) is 38.0 Å². The van der Waals surface area contributed by atoms with Crippen molar-refractivity contribution in [3.63, 3.8) is 0 Å². The van der Waals surface area contributed by atoms with Gasteiger partial charge in [-0.25, -0.2) is 0 Å². The molecular formula is C18H21ClN2O. The Morgan fingerprint density at radius 1 is 1.09 bits per heavy atom. The second-order valence-corrected chi connectivity index (χ2v) is 5.76. The molecule has 0 fully saturated rings. The third-order valence-electron chi connectivity index (χ3n) is 3.92. The highest BCUT2D eigenvalue weighted by Gasteiger charge is 2.32. The van der Waals surface area contributed by atoms with Gasteiger partial charge in [0, 0.05) is 18.2 Å². The third-order valence-corrected chi connectivity index (χ3v) is 3.92. The number of hydrogen-bond donors (Lipinski definition) is 0. The quantitative estimate of drug-likeness (QED) is 0.868. The predicted octanol–water partition coefficient (Wildman–Crippen LogP) is 3.15. The Morgan fingerprint density at radius 3 is 2.41 bits per heavy atom. The van der Waals surface area contributed by atoms with Crippen LogP contribution in [0.3, 0.4) is 0 Å². The minimum Gasteiger partial charge on any atom is -0.310 e. The first-order valence-electron chi connectivity index (χ1n) is 7.26. The van der Waals surface area contributed by atoms with Crippen LogP contribution in [0.1, 0.15) is 17.0 Å². The number of amides is 1. The Morgan fingerprint density at radius 2 is 1.73 bits per heavy atom. The van der Waals surface area contributed by atoms with Crippen molar-refractivity contribution in [2.75, 3.05) is 32.1 Å². The third kappa shape index (κ3) is 3.16. The molecule has 0 spiro atoms. The molecule has 1 atom stereocenters. The lowest BCUT2D eigenvalue weighted by molar-refractivity contribution is -0.119. The number of para-hydroxylation sites is 1. The van der Waals surface area contributed by atoms with Gasteiger partial charge in [-0.3, -0.25) is 4.79 Å². The fraction of sp³-hybridized carbons (Fsp3) is 0.278. The lowest BCUT2D eigenvalue weighted by Crippen LogP contribution is -2.37. The number of likely N-dealkylation sites (N-methyl/N-ethyl adjacent to an activating group) is 1. The van der Waals surface area contributed by atoms with E-state index in [4.69, 9.17) is 0 Å². The normalized spacial score (nSPS) is 16.3. The minimum absolute atomic E-state index is 0. The van der Waals surface area contributed by atoms with Gasteiger partial charge in [0.2, 0.25) is 5.91 Å². The average molecular weight is 317 g/mol. The number of benzene rings is 2. The zero-order chi connectivity index (χ0) is 14.8. The number of fused-ring (bicyclic) bond motifs is 1. The van der Waals surface area contributed by atoms with E-state index in [0.717, 1.165) is 12.2 Å². The molecule has 0 saturated carbocycles. The first-order valence-corrected chi connectivity index (χ1v) is 7.26. The van der Waals surface area contributed by atoms with Crippen molar-refractivity contribution in [1.29, 1.82) is 0 Å². The van der Waals surface area contributed by atoms with Gasteiger partial charge in [0.1, 0.15) is 0 Å². The van der Waals surface area contributed by atoms with Crippen LogP contribution in [0.4, 0.5) is 5.69 Å². The fourth-order valence-electron chi connectivity index (χ4n) is 2.97. The van der Waals surface area contributed by atoms with Gasteiger partial charge in [-0.2, -0.15) is 0 Å². The van der Waals surface area contributed by atoms with Gasteiger partial charge >= 0.3 is 0 Å². The molecule has 1 aliphatic heterocycles. The van der Waals surface area contributed by atoms with E-state index in [1.807, 2.05) is 42.1 Å². The molecule has 4 heteroatoms. The maximum absolute atomic E-state index is 12.5. The highest BCUT2D eigenvalue weighted by Crippen LogP contribution is 2.39. The fourth-order valence-corrected chi connectivity index (χ4v) is 2.97. The van der Waals surface area contributed by atoms with E-state index in [-0.39, 0.29) is 24.2 Å². The summed E-state index contributed by atoms with van der Waals surface area (Å²) in [7, 11) is 3.85. The summed E-state index contributed by atoms with van der Waals surface area (Å²) in [5.41, 5.74) is 3.57. The molecule has 3 rings (SSSR count). The second-order valence-electron chi connectivity index (χ2n) is 5.76. The summed E-state index contributed by atoms with van der Waals surface area (Å²) in [5.74, 6) is 0.430. The summed E-state index contributed by atoms with van der Waals surface area (Å²) in [4.78, 5) is 16.3. The molecular weight excluding hydrogens is 296 g/mol. The molecule has 1 amide bonds. The number of rotatable bonds is 3. The molecule has 0 aliphatic carbocycles. The SMILES string of the molecule is CN(C)CC(=O)N1CC(c2ccccc2)c2ccccc21.Cl.